The monoisotopic (exact) mass is 253 g/mol. The van der Waals surface area contributed by atoms with Crippen LogP contribution in [0.15, 0.2) is 0 Å². The quantitative estimate of drug-likeness (QED) is 0.580. The van der Waals surface area contributed by atoms with Gasteiger partial charge in [-0.25, -0.2) is 0 Å². The van der Waals surface area contributed by atoms with E-state index in [2.05, 4.69) is 16.0 Å². The van der Waals surface area contributed by atoms with Crippen LogP contribution in [0, 0.1) is 5.92 Å². The van der Waals surface area contributed by atoms with Crippen molar-refractivity contribution in [2.45, 2.75) is 38.1 Å². The molecule has 0 aliphatic carbocycles. The molecule has 2 unspecified atom stereocenters. The first-order valence-corrected chi connectivity index (χ1v) is 6.49. The van der Waals surface area contributed by atoms with E-state index in [1.54, 1.807) is 0 Å². The Labute approximate surface area is 106 Å². The average molecular weight is 253 g/mol. The first-order valence-electron chi connectivity index (χ1n) is 6.49. The highest BCUT2D eigenvalue weighted by Crippen LogP contribution is 2.14. The van der Waals surface area contributed by atoms with Gasteiger partial charge < -0.3 is 10.6 Å². The minimum atomic E-state index is -0.549. The van der Waals surface area contributed by atoms with Crippen molar-refractivity contribution in [2.24, 2.45) is 5.92 Å². The predicted molar refractivity (Wildman–Crippen MR) is 64.5 cm³/mol. The lowest BCUT2D eigenvalue weighted by atomic mass is 9.95. The molecule has 2 saturated heterocycles. The highest BCUT2D eigenvalue weighted by atomic mass is 16.2. The van der Waals surface area contributed by atoms with Crippen molar-refractivity contribution >= 4 is 17.7 Å². The topological polar surface area (TPSA) is 87.3 Å². The van der Waals surface area contributed by atoms with E-state index in [1.165, 1.54) is 0 Å². The van der Waals surface area contributed by atoms with Crippen molar-refractivity contribution in [3.05, 3.63) is 0 Å². The van der Waals surface area contributed by atoms with Gasteiger partial charge in [-0.15, -0.1) is 0 Å². The third kappa shape index (κ3) is 3.53. The molecule has 2 atom stereocenters. The van der Waals surface area contributed by atoms with Crippen molar-refractivity contribution in [3.8, 4) is 0 Å². The molecule has 0 aromatic carbocycles. The van der Waals surface area contributed by atoms with Gasteiger partial charge in [0.2, 0.25) is 17.7 Å². The van der Waals surface area contributed by atoms with Crippen molar-refractivity contribution in [1.29, 1.82) is 0 Å². The van der Waals surface area contributed by atoms with Gasteiger partial charge in [-0.05, 0) is 38.3 Å². The fourth-order valence-electron chi connectivity index (χ4n) is 2.44. The zero-order valence-corrected chi connectivity index (χ0v) is 10.3. The summed E-state index contributed by atoms with van der Waals surface area (Å²) in [6.07, 6.45) is 3.29. The summed E-state index contributed by atoms with van der Waals surface area (Å²) >= 11 is 0. The van der Waals surface area contributed by atoms with Gasteiger partial charge in [0, 0.05) is 12.8 Å². The number of carbonyl (C=O) groups excluding carboxylic acids is 3. The van der Waals surface area contributed by atoms with Crippen LogP contribution in [0.5, 0.6) is 0 Å². The van der Waals surface area contributed by atoms with Crippen molar-refractivity contribution < 1.29 is 14.4 Å². The molecule has 2 rings (SSSR count). The van der Waals surface area contributed by atoms with E-state index in [1.807, 2.05) is 0 Å². The highest BCUT2D eigenvalue weighted by Gasteiger charge is 2.28. The third-order valence-corrected chi connectivity index (χ3v) is 3.45. The molecule has 100 valence electrons. The molecule has 0 saturated carbocycles. The zero-order chi connectivity index (χ0) is 13.0. The molecule has 2 fully saturated rings. The molecule has 2 heterocycles. The molecule has 6 nitrogen and oxygen atoms in total. The maximum Gasteiger partial charge on any atom is 0.249 e. The molecule has 3 N–H and O–H groups in total. The van der Waals surface area contributed by atoms with Gasteiger partial charge >= 0.3 is 0 Å². The molecule has 6 heteroatoms. The van der Waals surface area contributed by atoms with Crippen LogP contribution in [0.2, 0.25) is 0 Å². The van der Waals surface area contributed by atoms with Crippen LogP contribution in [0.25, 0.3) is 0 Å². The van der Waals surface area contributed by atoms with Crippen LogP contribution in [-0.2, 0) is 14.4 Å². The minimum Gasteiger partial charge on any atom is -0.344 e. The number of piperidine rings is 2. The van der Waals surface area contributed by atoms with Gasteiger partial charge in [0.25, 0.3) is 0 Å². The lowest BCUT2D eigenvalue weighted by molar-refractivity contribution is -0.137. The number of imide groups is 1. The van der Waals surface area contributed by atoms with Crippen LogP contribution in [-0.4, -0.2) is 36.9 Å². The summed E-state index contributed by atoms with van der Waals surface area (Å²) in [5.41, 5.74) is 0. The van der Waals surface area contributed by atoms with E-state index in [9.17, 15) is 14.4 Å². The van der Waals surface area contributed by atoms with Crippen molar-refractivity contribution in [2.75, 3.05) is 13.1 Å². The first kappa shape index (κ1) is 13.0. The van der Waals surface area contributed by atoms with Gasteiger partial charge in [-0.1, -0.05) is 0 Å². The summed E-state index contributed by atoms with van der Waals surface area (Å²) in [5.74, 6) is -0.395. The number of carbonyl (C=O) groups is 3. The summed E-state index contributed by atoms with van der Waals surface area (Å²) < 4.78 is 0. The van der Waals surface area contributed by atoms with E-state index in [-0.39, 0.29) is 17.7 Å². The second kappa shape index (κ2) is 5.95. The molecule has 2 aliphatic heterocycles. The molecular formula is C12H19N3O3. The summed E-state index contributed by atoms with van der Waals surface area (Å²) in [6.45, 7) is 1.88. The number of hydrogen-bond acceptors (Lipinski definition) is 4. The Balaban J connectivity index is 1.76. The van der Waals surface area contributed by atoms with E-state index in [0.29, 0.717) is 25.2 Å². The van der Waals surface area contributed by atoms with Crippen LogP contribution in [0.1, 0.15) is 32.1 Å². The number of nitrogens with one attached hydrogen (secondary N) is 3. The van der Waals surface area contributed by atoms with Gasteiger partial charge in [-0.3, -0.25) is 19.7 Å². The van der Waals surface area contributed by atoms with Crippen molar-refractivity contribution in [3.63, 3.8) is 0 Å². The first-order chi connectivity index (χ1) is 8.65. The molecular weight excluding hydrogens is 234 g/mol. The Bertz CT molecular complexity index is 350. The number of rotatable bonds is 3. The van der Waals surface area contributed by atoms with Crippen molar-refractivity contribution in [1.82, 2.24) is 16.0 Å². The normalized spacial score (nSPS) is 28.7. The molecule has 0 bridgehead atoms. The molecule has 0 radical (unpaired) electrons. The van der Waals surface area contributed by atoms with Crippen LogP contribution >= 0.6 is 0 Å². The molecule has 2 aliphatic rings. The van der Waals surface area contributed by atoms with Gasteiger partial charge in [0.05, 0.1) is 0 Å². The highest BCUT2D eigenvalue weighted by molar-refractivity contribution is 6.01. The summed E-state index contributed by atoms with van der Waals surface area (Å²) in [4.78, 5) is 34.2. The van der Waals surface area contributed by atoms with Gasteiger partial charge in [0.15, 0.2) is 0 Å². The molecule has 18 heavy (non-hydrogen) atoms. The minimum absolute atomic E-state index is 0.0989. The van der Waals surface area contributed by atoms with E-state index >= 15 is 0 Å². The standard InChI is InChI=1S/C12H19N3O3/c16-10-4-3-9(12(18)15-10)14-11(17)6-8-2-1-5-13-7-8/h8-9,13H,1-7H2,(H,14,17)(H,15,16,18). The SMILES string of the molecule is O=C1CCC(NC(=O)CC2CCCNC2)C(=O)N1. The van der Waals surface area contributed by atoms with Gasteiger partial charge in [0.1, 0.15) is 6.04 Å². The summed E-state index contributed by atoms with van der Waals surface area (Å²) in [6, 6.07) is -0.549. The fourth-order valence-corrected chi connectivity index (χ4v) is 2.44. The Morgan fingerprint density at radius 2 is 2.17 bits per heavy atom. The Kier molecular flexibility index (Phi) is 4.30. The fraction of sp³-hybridized carbons (Fsp3) is 0.750. The average Bonchev–Trinajstić information content (AvgIpc) is 2.34. The van der Waals surface area contributed by atoms with Crippen LogP contribution in [0.3, 0.4) is 0 Å². The summed E-state index contributed by atoms with van der Waals surface area (Å²) in [5, 5.41) is 8.19. The predicted octanol–water partition coefficient (Wildman–Crippen LogP) is -0.702. The van der Waals surface area contributed by atoms with Gasteiger partial charge in [-0.2, -0.15) is 0 Å². The molecule has 3 amide bonds. The lowest BCUT2D eigenvalue weighted by Gasteiger charge is -2.25. The van der Waals surface area contributed by atoms with E-state index in [0.717, 1.165) is 25.9 Å². The third-order valence-electron chi connectivity index (χ3n) is 3.45. The second-order valence-corrected chi connectivity index (χ2v) is 4.99. The van der Waals surface area contributed by atoms with E-state index in [4.69, 9.17) is 0 Å². The summed E-state index contributed by atoms with van der Waals surface area (Å²) in [7, 11) is 0. The Morgan fingerprint density at radius 1 is 1.33 bits per heavy atom. The molecule has 0 spiro atoms. The molecule has 0 aromatic heterocycles. The van der Waals surface area contributed by atoms with Crippen LogP contribution in [0.4, 0.5) is 0 Å². The second-order valence-electron chi connectivity index (χ2n) is 4.99. The number of hydrogen-bond donors (Lipinski definition) is 3. The maximum absolute atomic E-state index is 11.8. The Morgan fingerprint density at radius 3 is 2.83 bits per heavy atom. The zero-order valence-electron chi connectivity index (χ0n) is 10.3. The van der Waals surface area contributed by atoms with Crippen LogP contribution < -0.4 is 16.0 Å². The smallest absolute Gasteiger partial charge is 0.249 e. The number of amides is 3. The maximum atomic E-state index is 11.8. The molecule has 0 aromatic rings. The largest absolute Gasteiger partial charge is 0.344 e. The lowest BCUT2D eigenvalue weighted by Crippen LogP contribution is -2.52. The Hall–Kier alpha value is -1.43. The van der Waals surface area contributed by atoms with E-state index < -0.39 is 6.04 Å².